The molecule has 1 aliphatic rings. The first-order valence-electron chi connectivity index (χ1n) is 6.03. The van der Waals surface area contributed by atoms with Gasteiger partial charge in [0.2, 0.25) is 5.89 Å². The van der Waals surface area contributed by atoms with Gasteiger partial charge in [-0.1, -0.05) is 5.16 Å². The van der Waals surface area contributed by atoms with Crippen molar-refractivity contribution in [1.29, 1.82) is 0 Å². The summed E-state index contributed by atoms with van der Waals surface area (Å²) in [5.74, 6) is 1.39. The highest BCUT2D eigenvalue weighted by Gasteiger charge is 2.25. The highest BCUT2D eigenvalue weighted by molar-refractivity contribution is 7.98. The standard InChI is InChI=1S/C11H18N4O2S/c1-15(6-7-18-2)11(16)9-13-10(17-14-9)8-4-3-5-12-8/h8,12H,3-7H2,1-2H3. The number of nitrogens with one attached hydrogen (secondary N) is 1. The number of carbonyl (C=O) groups is 1. The molecule has 1 fully saturated rings. The van der Waals surface area contributed by atoms with Crippen LogP contribution in [0.25, 0.3) is 0 Å². The molecule has 1 unspecified atom stereocenters. The van der Waals surface area contributed by atoms with Gasteiger partial charge >= 0.3 is 0 Å². The first kappa shape index (κ1) is 13.4. The zero-order valence-electron chi connectivity index (χ0n) is 10.7. The Morgan fingerprint density at radius 3 is 3.17 bits per heavy atom. The van der Waals surface area contributed by atoms with Crippen LogP contribution < -0.4 is 5.32 Å². The molecule has 100 valence electrons. The van der Waals surface area contributed by atoms with E-state index < -0.39 is 0 Å². The van der Waals surface area contributed by atoms with Crippen molar-refractivity contribution in [2.45, 2.75) is 18.9 Å². The summed E-state index contributed by atoms with van der Waals surface area (Å²) in [6.07, 6.45) is 4.10. The van der Waals surface area contributed by atoms with Crippen LogP contribution in [0.4, 0.5) is 0 Å². The maximum Gasteiger partial charge on any atom is 0.295 e. The van der Waals surface area contributed by atoms with Crippen molar-refractivity contribution in [1.82, 2.24) is 20.4 Å². The summed E-state index contributed by atoms with van der Waals surface area (Å²) in [4.78, 5) is 17.8. The normalized spacial score (nSPS) is 19.1. The molecule has 1 saturated heterocycles. The SMILES string of the molecule is CSCCN(C)C(=O)c1noc(C2CCCN2)n1. The van der Waals surface area contributed by atoms with Gasteiger partial charge in [-0.3, -0.25) is 4.79 Å². The molecule has 1 aromatic rings. The molecule has 0 aromatic carbocycles. The van der Waals surface area contributed by atoms with Crippen LogP contribution in [0.2, 0.25) is 0 Å². The van der Waals surface area contributed by atoms with Crippen LogP contribution >= 0.6 is 11.8 Å². The lowest BCUT2D eigenvalue weighted by molar-refractivity contribution is 0.0788. The third-order valence-corrected chi connectivity index (χ3v) is 3.56. The quantitative estimate of drug-likeness (QED) is 0.858. The van der Waals surface area contributed by atoms with Gasteiger partial charge in [-0.15, -0.1) is 0 Å². The predicted molar refractivity (Wildman–Crippen MR) is 69.6 cm³/mol. The van der Waals surface area contributed by atoms with Gasteiger partial charge in [-0.05, 0) is 25.6 Å². The Morgan fingerprint density at radius 1 is 1.67 bits per heavy atom. The fourth-order valence-electron chi connectivity index (χ4n) is 1.86. The minimum absolute atomic E-state index is 0.107. The molecule has 2 heterocycles. The zero-order valence-corrected chi connectivity index (χ0v) is 11.5. The molecule has 2 rings (SSSR count). The number of hydrogen-bond donors (Lipinski definition) is 1. The molecule has 1 amide bonds. The summed E-state index contributed by atoms with van der Waals surface area (Å²) in [7, 11) is 1.75. The van der Waals surface area contributed by atoms with Crippen LogP contribution in [-0.2, 0) is 0 Å². The molecule has 0 radical (unpaired) electrons. The summed E-state index contributed by atoms with van der Waals surface area (Å²) in [5, 5.41) is 7.03. The zero-order chi connectivity index (χ0) is 13.0. The molecule has 1 aromatic heterocycles. The molecule has 1 aliphatic heterocycles. The van der Waals surface area contributed by atoms with Gasteiger partial charge in [0.25, 0.3) is 11.7 Å². The summed E-state index contributed by atoms with van der Waals surface area (Å²) >= 11 is 1.70. The van der Waals surface area contributed by atoms with Crippen LogP contribution in [0.5, 0.6) is 0 Å². The molecule has 7 heteroatoms. The Bertz CT molecular complexity index is 404. The van der Waals surface area contributed by atoms with E-state index in [1.54, 1.807) is 23.7 Å². The molecule has 6 nitrogen and oxygen atoms in total. The van der Waals surface area contributed by atoms with E-state index in [9.17, 15) is 4.79 Å². The second-order valence-electron chi connectivity index (χ2n) is 4.32. The highest BCUT2D eigenvalue weighted by Crippen LogP contribution is 2.21. The van der Waals surface area contributed by atoms with Crippen LogP contribution in [-0.4, -0.2) is 53.1 Å². The van der Waals surface area contributed by atoms with Crippen LogP contribution in [0.3, 0.4) is 0 Å². The molecule has 0 spiro atoms. The van der Waals surface area contributed by atoms with Crippen molar-refractivity contribution in [2.24, 2.45) is 0 Å². The monoisotopic (exact) mass is 270 g/mol. The van der Waals surface area contributed by atoms with Gasteiger partial charge in [0.05, 0.1) is 6.04 Å². The maximum absolute atomic E-state index is 12.0. The Morgan fingerprint density at radius 2 is 2.50 bits per heavy atom. The van der Waals surface area contributed by atoms with E-state index in [0.717, 1.165) is 25.1 Å². The van der Waals surface area contributed by atoms with E-state index in [-0.39, 0.29) is 17.8 Å². The molecule has 1 atom stereocenters. The maximum atomic E-state index is 12.0. The van der Waals surface area contributed by atoms with Crippen molar-refractivity contribution >= 4 is 17.7 Å². The van der Waals surface area contributed by atoms with Crippen molar-refractivity contribution in [3.05, 3.63) is 11.7 Å². The Kier molecular flexibility index (Phi) is 4.60. The fraction of sp³-hybridized carbons (Fsp3) is 0.727. The van der Waals surface area contributed by atoms with Gasteiger partial charge in [-0.2, -0.15) is 16.7 Å². The average Bonchev–Trinajstić information content (AvgIpc) is 3.04. The largest absolute Gasteiger partial charge is 0.338 e. The lowest BCUT2D eigenvalue weighted by Crippen LogP contribution is -2.29. The van der Waals surface area contributed by atoms with Crippen molar-refractivity contribution < 1.29 is 9.32 Å². The lowest BCUT2D eigenvalue weighted by atomic mass is 10.2. The van der Waals surface area contributed by atoms with Gasteiger partial charge in [-0.25, -0.2) is 0 Å². The highest BCUT2D eigenvalue weighted by atomic mass is 32.2. The van der Waals surface area contributed by atoms with Gasteiger partial charge in [0, 0.05) is 19.3 Å². The van der Waals surface area contributed by atoms with E-state index in [2.05, 4.69) is 15.5 Å². The minimum atomic E-state index is -0.183. The number of rotatable bonds is 5. The van der Waals surface area contributed by atoms with Crippen LogP contribution in [0, 0.1) is 0 Å². The van der Waals surface area contributed by atoms with Gasteiger partial charge in [0.15, 0.2) is 0 Å². The number of carbonyl (C=O) groups excluding carboxylic acids is 1. The number of aromatic nitrogens is 2. The van der Waals surface area contributed by atoms with E-state index >= 15 is 0 Å². The molecular weight excluding hydrogens is 252 g/mol. The lowest BCUT2D eigenvalue weighted by Gasteiger charge is -2.13. The fourth-order valence-corrected chi connectivity index (χ4v) is 2.32. The van der Waals surface area contributed by atoms with E-state index in [0.29, 0.717) is 12.4 Å². The average molecular weight is 270 g/mol. The van der Waals surface area contributed by atoms with Crippen LogP contribution in [0.15, 0.2) is 4.52 Å². The topological polar surface area (TPSA) is 71.3 Å². The third-order valence-electron chi connectivity index (χ3n) is 2.97. The summed E-state index contributed by atoms with van der Waals surface area (Å²) in [6.45, 7) is 1.65. The minimum Gasteiger partial charge on any atom is -0.338 e. The predicted octanol–water partition coefficient (Wildman–Crippen LogP) is 0.929. The van der Waals surface area contributed by atoms with Crippen molar-refractivity contribution in [3.8, 4) is 0 Å². The molecule has 0 aliphatic carbocycles. The van der Waals surface area contributed by atoms with E-state index in [1.165, 1.54) is 0 Å². The second-order valence-corrected chi connectivity index (χ2v) is 5.31. The second kappa shape index (κ2) is 6.19. The smallest absolute Gasteiger partial charge is 0.295 e. The molecule has 0 bridgehead atoms. The molecule has 0 saturated carbocycles. The molecule has 1 N–H and O–H groups in total. The number of amides is 1. The number of nitrogens with zero attached hydrogens (tertiary/aromatic N) is 3. The first-order chi connectivity index (χ1) is 8.72. The summed E-state index contributed by atoms with van der Waals surface area (Å²) in [5.41, 5.74) is 0. The molecular formula is C11H18N4O2S. The number of hydrogen-bond acceptors (Lipinski definition) is 6. The Labute approximate surface area is 110 Å². The number of thioether (sulfide) groups is 1. The van der Waals surface area contributed by atoms with Gasteiger partial charge in [0.1, 0.15) is 0 Å². The van der Waals surface area contributed by atoms with Crippen molar-refractivity contribution in [3.63, 3.8) is 0 Å². The summed E-state index contributed by atoms with van der Waals surface area (Å²) in [6, 6.07) is 0.107. The third kappa shape index (κ3) is 3.02. The molecule has 18 heavy (non-hydrogen) atoms. The van der Waals surface area contributed by atoms with Crippen LogP contribution in [0.1, 0.15) is 35.4 Å². The van der Waals surface area contributed by atoms with E-state index in [1.807, 2.05) is 6.26 Å². The van der Waals surface area contributed by atoms with Gasteiger partial charge < -0.3 is 14.7 Å². The van der Waals surface area contributed by atoms with Crippen molar-refractivity contribution in [2.75, 3.05) is 32.1 Å². The Balaban J connectivity index is 1.98. The van der Waals surface area contributed by atoms with E-state index in [4.69, 9.17) is 4.52 Å². The first-order valence-corrected chi connectivity index (χ1v) is 7.43. The Hall–Kier alpha value is -1.08. The summed E-state index contributed by atoms with van der Waals surface area (Å²) < 4.78 is 5.15.